The highest BCUT2D eigenvalue weighted by Crippen LogP contribution is 2.37. The second-order valence-corrected chi connectivity index (χ2v) is 6.94. The molecule has 6 heteroatoms. The molecule has 0 aliphatic carbocycles. The van der Waals surface area contributed by atoms with Crippen LogP contribution in [-0.2, 0) is 11.2 Å². The third-order valence-corrected chi connectivity index (χ3v) is 4.86. The Kier molecular flexibility index (Phi) is 4.69. The van der Waals surface area contributed by atoms with Gasteiger partial charge in [0.15, 0.2) is 0 Å². The van der Waals surface area contributed by atoms with E-state index in [2.05, 4.69) is 46.4 Å². The van der Waals surface area contributed by atoms with Crippen LogP contribution in [0.2, 0.25) is 0 Å². The van der Waals surface area contributed by atoms with Crippen LogP contribution in [0.5, 0.6) is 0 Å². The van der Waals surface area contributed by atoms with Gasteiger partial charge in [-0.15, -0.1) is 0 Å². The lowest BCUT2D eigenvalue weighted by Gasteiger charge is -2.24. The number of ether oxygens (including phenoxy) is 1. The number of para-hydroxylation sites is 1. The van der Waals surface area contributed by atoms with Gasteiger partial charge in [-0.2, -0.15) is 4.98 Å². The molecule has 6 nitrogen and oxygen atoms in total. The summed E-state index contributed by atoms with van der Waals surface area (Å²) >= 11 is 0. The van der Waals surface area contributed by atoms with Gasteiger partial charge in [0.05, 0.1) is 12.7 Å². The molecule has 1 aromatic heterocycles. The van der Waals surface area contributed by atoms with Gasteiger partial charge in [-0.05, 0) is 56.2 Å². The van der Waals surface area contributed by atoms with Crippen molar-refractivity contribution in [1.29, 1.82) is 0 Å². The first kappa shape index (κ1) is 18.0. The molecule has 0 fully saturated rings. The second-order valence-electron chi connectivity index (χ2n) is 6.94. The fourth-order valence-electron chi connectivity index (χ4n) is 3.58. The number of methoxy groups -OCH3 is 1. The number of carbonyl (C=O) groups is 1. The van der Waals surface area contributed by atoms with Gasteiger partial charge >= 0.3 is 5.97 Å². The Balaban J connectivity index is 1.62. The van der Waals surface area contributed by atoms with Gasteiger partial charge in [0.1, 0.15) is 5.82 Å². The Morgan fingerprint density at radius 1 is 1.14 bits per heavy atom. The number of benzene rings is 2. The Hall–Kier alpha value is -3.41. The van der Waals surface area contributed by atoms with Gasteiger partial charge in [-0.1, -0.05) is 18.2 Å². The third-order valence-electron chi connectivity index (χ3n) is 4.86. The minimum absolute atomic E-state index is 0.332. The second kappa shape index (κ2) is 7.31. The fraction of sp³-hybridized carbons (Fsp3) is 0.227. The number of hydrogen-bond acceptors (Lipinski definition) is 6. The van der Waals surface area contributed by atoms with Crippen LogP contribution in [0, 0.1) is 6.92 Å². The fourth-order valence-corrected chi connectivity index (χ4v) is 3.58. The van der Waals surface area contributed by atoms with Crippen molar-refractivity contribution in [2.24, 2.45) is 0 Å². The first-order valence-electron chi connectivity index (χ1n) is 9.23. The van der Waals surface area contributed by atoms with E-state index in [1.165, 1.54) is 18.4 Å². The predicted molar refractivity (Wildman–Crippen MR) is 110 cm³/mol. The van der Waals surface area contributed by atoms with Crippen molar-refractivity contribution in [2.45, 2.75) is 26.3 Å². The average molecular weight is 374 g/mol. The highest BCUT2D eigenvalue weighted by atomic mass is 16.5. The molecular weight excluding hydrogens is 352 g/mol. The lowest BCUT2D eigenvalue weighted by Crippen LogP contribution is -2.25. The minimum atomic E-state index is -0.359. The van der Waals surface area contributed by atoms with Gasteiger partial charge < -0.3 is 15.0 Å². The number of hydrogen-bond donors (Lipinski definition) is 1. The van der Waals surface area contributed by atoms with E-state index in [0.717, 1.165) is 23.6 Å². The summed E-state index contributed by atoms with van der Waals surface area (Å²) in [7, 11) is 1.37. The highest BCUT2D eigenvalue weighted by molar-refractivity contribution is 5.89. The van der Waals surface area contributed by atoms with Crippen LogP contribution >= 0.6 is 0 Å². The van der Waals surface area contributed by atoms with Crippen LogP contribution < -0.4 is 10.2 Å². The number of nitrogens with one attached hydrogen (secondary N) is 1. The van der Waals surface area contributed by atoms with Crippen LogP contribution in [0.1, 0.15) is 28.5 Å². The van der Waals surface area contributed by atoms with E-state index in [9.17, 15) is 4.79 Å². The van der Waals surface area contributed by atoms with E-state index in [0.29, 0.717) is 17.6 Å². The molecule has 2 heterocycles. The molecule has 1 aliphatic rings. The molecular formula is C22H22N4O2. The predicted octanol–water partition coefficient (Wildman–Crippen LogP) is 4.40. The third kappa shape index (κ3) is 3.41. The van der Waals surface area contributed by atoms with Crippen LogP contribution in [0.3, 0.4) is 0 Å². The minimum Gasteiger partial charge on any atom is -0.465 e. The number of aryl methyl sites for hydroxylation is 1. The van der Waals surface area contributed by atoms with Crippen molar-refractivity contribution in [3.05, 3.63) is 71.4 Å². The van der Waals surface area contributed by atoms with Crippen molar-refractivity contribution >= 4 is 29.1 Å². The smallest absolute Gasteiger partial charge is 0.337 e. The van der Waals surface area contributed by atoms with Crippen LogP contribution in [0.15, 0.2) is 54.6 Å². The number of aromatic nitrogens is 2. The molecule has 2 aromatic carbocycles. The lowest BCUT2D eigenvalue weighted by molar-refractivity contribution is 0.0601. The summed E-state index contributed by atoms with van der Waals surface area (Å²) < 4.78 is 4.73. The largest absolute Gasteiger partial charge is 0.465 e. The molecule has 0 bridgehead atoms. The Labute approximate surface area is 164 Å². The van der Waals surface area contributed by atoms with Gasteiger partial charge in [-0.3, -0.25) is 0 Å². The molecule has 0 saturated heterocycles. The summed E-state index contributed by atoms with van der Waals surface area (Å²) in [4.78, 5) is 23.1. The number of carbonyl (C=O) groups excluding carboxylic acids is 1. The maximum Gasteiger partial charge on any atom is 0.337 e. The maximum absolute atomic E-state index is 11.6. The lowest BCUT2D eigenvalue weighted by atomic mass is 10.1. The topological polar surface area (TPSA) is 67.3 Å². The normalized spacial score (nSPS) is 15.2. The molecule has 1 N–H and O–H groups in total. The molecule has 1 unspecified atom stereocenters. The first-order chi connectivity index (χ1) is 13.5. The van der Waals surface area contributed by atoms with E-state index in [-0.39, 0.29) is 5.97 Å². The molecule has 0 spiro atoms. The molecule has 4 rings (SSSR count). The van der Waals surface area contributed by atoms with Crippen LogP contribution in [0.25, 0.3) is 0 Å². The zero-order chi connectivity index (χ0) is 19.7. The number of fused-ring (bicyclic) bond motifs is 1. The summed E-state index contributed by atoms with van der Waals surface area (Å²) in [5, 5.41) is 3.23. The molecule has 142 valence electrons. The van der Waals surface area contributed by atoms with Gasteiger partial charge in [0.2, 0.25) is 5.95 Å². The zero-order valence-corrected chi connectivity index (χ0v) is 16.1. The van der Waals surface area contributed by atoms with Crippen molar-refractivity contribution in [1.82, 2.24) is 9.97 Å². The van der Waals surface area contributed by atoms with E-state index >= 15 is 0 Å². The SMILES string of the molecule is COC(=O)c1ccc(Nc2nc(C)cc(N3c4ccccc4CC3C)n2)cc1. The Morgan fingerprint density at radius 2 is 1.89 bits per heavy atom. The van der Waals surface area contributed by atoms with E-state index < -0.39 is 0 Å². The van der Waals surface area contributed by atoms with Gasteiger partial charge in [0, 0.05) is 29.2 Å². The van der Waals surface area contributed by atoms with E-state index in [4.69, 9.17) is 9.72 Å². The molecule has 0 saturated carbocycles. The number of esters is 1. The molecule has 1 aliphatic heterocycles. The summed E-state index contributed by atoms with van der Waals surface area (Å²) in [6.45, 7) is 4.17. The van der Waals surface area contributed by atoms with Crippen molar-refractivity contribution in [2.75, 3.05) is 17.3 Å². The molecule has 0 radical (unpaired) electrons. The first-order valence-corrected chi connectivity index (χ1v) is 9.23. The van der Waals surface area contributed by atoms with Crippen LogP contribution in [-0.4, -0.2) is 29.1 Å². The molecule has 28 heavy (non-hydrogen) atoms. The number of anilines is 4. The van der Waals surface area contributed by atoms with Crippen molar-refractivity contribution in [3.8, 4) is 0 Å². The number of rotatable bonds is 4. The molecule has 0 amide bonds. The molecule has 1 atom stereocenters. The summed E-state index contributed by atoms with van der Waals surface area (Å²) in [6.07, 6.45) is 0.997. The van der Waals surface area contributed by atoms with Crippen molar-refractivity contribution in [3.63, 3.8) is 0 Å². The Bertz CT molecular complexity index is 1020. The van der Waals surface area contributed by atoms with Gasteiger partial charge in [0.25, 0.3) is 0 Å². The summed E-state index contributed by atoms with van der Waals surface area (Å²) in [5.74, 6) is 1.04. The standard InChI is InChI=1S/C22H22N4O2/c1-14-12-20(26-15(2)13-17-6-4-5-7-19(17)26)25-22(23-14)24-18-10-8-16(9-11-18)21(27)28-3/h4-12,15H,13H2,1-3H3,(H,23,24,25). The quantitative estimate of drug-likeness (QED) is 0.683. The Morgan fingerprint density at radius 3 is 2.64 bits per heavy atom. The highest BCUT2D eigenvalue weighted by Gasteiger charge is 2.28. The van der Waals surface area contributed by atoms with E-state index in [1.54, 1.807) is 12.1 Å². The maximum atomic E-state index is 11.6. The van der Waals surface area contributed by atoms with E-state index in [1.807, 2.05) is 25.1 Å². The van der Waals surface area contributed by atoms with Crippen molar-refractivity contribution < 1.29 is 9.53 Å². The summed E-state index contributed by atoms with van der Waals surface area (Å²) in [6, 6.07) is 17.8. The van der Waals surface area contributed by atoms with Crippen LogP contribution in [0.4, 0.5) is 23.1 Å². The van der Waals surface area contributed by atoms with Gasteiger partial charge in [-0.25, -0.2) is 9.78 Å². The summed E-state index contributed by atoms with van der Waals surface area (Å²) in [5.41, 5.74) is 4.72. The zero-order valence-electron chi connectivity index (χ0n) is 16.1. The number of nitrogens with zero attached hydrogens (tertiary/aromatic N) is 3. The average Bonchev–Trinajstić information content (AvgIpc) is 3.03. The monoisotopic (exact) mass is 374 g/mol. The molecule has 3 aromatic rings.